The highest BCUT2D eigenvalue weighted by molar-refractivity contribution is 6.07. The van der Waals surface area contributed by atoms with Crippen LogP contribution in [0.5, 0.6) is 0 Å². The maximum Gasteiger partial charge on any atom is 0.234 e. The van der Waals surface area contributed by atoms with E-state index in [1.165, 1.54) is 27.2 Å². The average Bonchev–Trinajstić information content (AvgIpc) is 2.91. The number of likely N-dealkylation sites (tertiary alicyclic amines) is 1. The first kappa shape index (κ1) is 14.8. The number of rotatable bonds is 3. The Kier molecular flexibility index (Phi) is 3.13. The van der Waals surface area contributed by atoms with Crippen LogP contribution in [0.4, 0.5) is 0 Å². The molecule has 1 fully saturated rings. The molecule has 0 aromatic heterocycles. The summed E-state index contributed by atoms with van der Waals surface area (Å²) in [5.74, 6) is -0.673. The molecule has 6 rings (SSSR count). The highest BCUT2D eigenvalue weighted by Gasteiger charge is 2.61. The van der Waals surface area contributed by atoms with Crippen molar-refractivity contribution < 1.29 is 14.3 Å². The van der Waals surface area contributed by atoms with Gasteiger partial charge in [-0.3, -0.25) is 14.5 Å². The Bertz CT molecular complexity index is 775. The summed E-state index contributed by atoms with van der Waals surface area (Å²) in [6.45, 7) is 0.722. The van der Waals surface area contributed by atoms with E-state index in [-0.39, 0.29) is 35.5 Å². The van der Waals surface area contributed by atoms with Crippen molar-refractivity contribution in [3.05, 3.63) is 70.8 Å². The molecule has 126 valence electrons. The second-order valence-electron chi connectivity index (χ2n) is 7.09. The summed E-state index contributed by atoms with van der Waals surface area (Å²) in [6, 6.07) is 16.6. The van der Waals surface area contributed by atoms with Crippen LogP contribution in [0, 0.1) is 11.8 Å². The lowest BCUT2D eigenvalue weighted by Gasteiger charge is -2.45. The van der Waals surface area contributed by atoms with Gasteiger partial charge in [0, 0.05) is 18.9 Å². The summed E-state index contributed by atoms with van der Waals surface area (Å²) in [4.78, 5) is 27.7. The molecular weight excluding hydrogens is 314 g/mol. The first-order chi connectivity index (χ1) is 12.2. The molecule has 0 N–H and O–H groups in total. The maximum absolute atomic E-state index is 13.1. The number of imide groups is 1. The Hall–Kier alpha value is -2.46. The van der Waals surface area contributed by atoms with Crippen molar-refractivity contribution in [1.29, 1.82) is 0 Å². The van der Waals surface area contributed by atoms with E-state index < -0.39 is 0 Å². The summed E-state index contributed by atoms with van der Waals surface area (Å²) in [7, 11) is 1.59. The molecule has 4 nitrogen and oxygen atoms in total. The van der Waals surface area contributed by atoms with Crippen LogP contribution in [-0.2, 0) is 14.3 Å². The van der Waals surface area contributed by atoms with Crippen LogP contribution in [0.2, 0.25) is 0 Å². The number of carbonyl (C=O) groups is 2. The lowest BCUT2D eigenvalue weighted by Crippen LogP contribution is -2.41. The van der Waals surface area contributed by atoms with Crippen molar-refractivity contribution in [3.8, 4) is 0 Å². The number of hydrogen-bond acceptors (Lipinski definition) is 3. The van der Waals surface area contributed by atoms with Crippen molar-refractivity contribution in [3.63, 3.8) is 0 Å². The molecule has 1 heterocycles. The second kappa shape index (κ2) is 5.27. The zero-order chi connectivity index (χ0) is 17.1. The molecule has 2 aromatic carbocycles. The van der Waals surface area contributed by atoms with Gasteiger partial charge in [0.25, 0.3) is 0 Å². The fourth-order valence-corrected chi connectivity index (χ4v) is 5.14. The van der Waals surface area contributed by atoms with E-state index in [1.807, 2.05) is 24.3 Å². The number of ether oxygens (including phenoxy) is 1. The fourth-order valence-electron chi connectivity index (χ4n) is 5.14. The van der Waals surface area contributed by atoms with Gasteiger partial charge >= 0.3 is 0 Å². The topological polar surface area (TPSA) is 46.6 Å². The maximum atomic E-state index is 13.1. The van der Waals surface area contributed by atoms with Crippen molar-refractivity contribution in [2.75, 3.05) is 20.3 Å². The first-order valence-electron chi connectivity index (χ1n) is 8.76. The molecule has 2 aromatic rings. The molecule has 1 saturated heterocycles. The van der Waals surface area contributed by atoms with Gasteiger partial charge in [0.2, 0.25) is 11.8 Å². The van der Waals surface area contributed by atoms with E-state index in [1.54, 1.807) is 7.11 Å². The van der Waals surface area contributed by atoms with E-state index in [0.29, 0.717) is 13.2 Å². The minimum atomic E-state index is -0.279. The van der Waals surface area contributed by atoms with Gasteiger partial charge in [-0.25, -0.2) is 0 Å². The molecule has 3 aliphatic carbocycles. The van der Waals surface area contributed by atoms with Gasteiger partial charge in [-0.1, -0.05) is 48.5 Å². The largest absolute Gasteiger partial charge is 0.383 e. The van der Waals surface area contributed by atoms with Crippen molar-refractivity contribution in [2.24, 2.45) is 11.8 Å². The first-order valence-corrected chi connectivity index (χ1v) is 8.76. The molecule has 1 aliphatic heterocycles. The Morgan fingerprint density at radius 3 is 1.56 bits per heavy atom. The van der Waals surface area contributed by atoms with Gasteiger partial charge in [0.15, 0.2) is 0 Å². The highest BCUT2D eigenvalue weighted by atomic mass is 16.5. The molecule has 25 heavy (non-hydrogen) atoms. The molecule has 0 unspecified atom stereocenters. The number of methoxy groups -OCH3 is 1. The third-order valence-corrected chi connectivity index (χ3v) is 6.06. The van der Waals surface area contributed by atoms with Crippen LogP contribution in [0.1, 0.15) is 34.1 Å². The lowest BCUT2D eigenvalue weighted by atomic mass is 9.55. The third-order valence-electron chi connectivity index (χ3n) is 6.06. The molecule has 2 amide bonds. The molecule has 0 spiro atoms. The van der Waals surface area contributed by atoms with Gasteiger partial charge in [-0.05, 0) is 22.3 Å². The minimum Gasteiger partial charge on any atom is -0.383 e. The fraction of sp³-hybridized carbons (Fsp3) is 0.333. The Morgan fingerprint density at radius 1 is 0.800 bits per heavy atom. The zero-order valence-electron chi connectivity index (χ0n) is 14.0. The average molecular weight is 333 g/mol. The molecule has 2 atom stereocenters. The smallest absolute Gasteiger partial charge is 0.234 e. The van der Waals surface area contributed by atoms with E-state index in [9.17, 15) is 9.59 Å². The summed E-state index contributed by atoms with van der Waals surface area (Å²) in [5, 5.41) is 0. The Morgan fingerprint density at radius 2 is 1.20 bits per heavy atom. The molecule has 4 heteroatoms. The van der Waals surface area contributed by atoms with E-state index in [4.69, 9.17) is 4.74 Å². The van der Waals surface area contributed by atoms with Crippen LogP contribution in [0.25, 0.3) is 0 Å². The molecule has 0 radical (unpaired) electrons. The van der Waals surface area contributed by atoms with Crippen LogP contribution < -0.4 is 0 Å². The number of hydrogen-bond donors (Lipinski definition) is 0. The highest BCUT2D eigenvalue weighted by Crippen LogP contribution is 2.60. The molecule has 4 aliphatic rings. The van der Waals surface area contributed by atoms with Crippen molar-refractivity contribution in [2.45, 2.75) is 11.8 Å². The standard InChI is InChI=1S/C21H19NO3/c1-25-11-10-22-20(23)18-16-12-6-2-3-7-13(12)17(19(18)21(22)24)15-9-5-4-8-14(15)16/h2-9,16-19H,10-11H2,1H3/t16?,17?,18-,19+. The van der Waals surface area contributed by atoms with Crippen LogP contribution >= 0.6 is 0 Å². The van der Waals surface area contributed by atoms with Gasteiger partial charge in [0.1, 0.15) is 0 Å². The summed E-state index contributed by atoms with van der Waals surface area (Å²) >= 11 is 0. The van der Waals surface area contributed by atoms with Gasteiger partial charge in [-0.15, -0.1) is 0 Å². The quantitative estimate of drug-likeness (QED) is 0.811. The predicted molar refractivity (Wildman–Crippen MR) is 92.1 cm³/mol. The number of nitrogens with zero attached hydrogens (tertiary/aromatic N) is 1. The predicted octanol–water partition coefficient (Wildman–Crippen LogP) is 2.53. The lowest BCUT2D eigenvalue weighted by molar-refractivity contribution is -0.140. The van der Waals surface area contributed by atoms with Gasteiger partial charge in [0.05, 0.1) is 25.0 Å². The Labute approximate surface area is 146 Å². The zero-order valence-corrected chi connectivity index (χ0v) is 14.0. The molecule has 2 bridgehead atoms. The molecular formula is C21H19NO3. The van der Waals surface area contributed by atoms with Crippen LogP contribution in [0.15, 0.2) is 48.5 Å². The van der Waals surface area contributed by atoms with Crippen molar-refractivity contribution >= 4 is 11.8 Å². The number of carbonyl (C=O) groups excluding carboxylic acids is 2. The number of amides is 2. The molecule has 0 saturated carbocycles. The summed E-state index contributed by atoms with van der Waals surface area (Å²) in [5.41, 5.74) is 4.84. The normalized spacial score (nSPS) is 28.8. The van der Waals surface area contributed by atoms with Gasteiger partial charge in [-0.2, -0.15) is 0 Å². The van der Waals surface area contributed by atoms with E-state index in [2.05, 4.69) is 24.3 Å². The number of benzene rings is 2. The van der Waals surface area contributed by atoms with E-state index in [0.717, 1.165) is 0 Å². The summed E-state index contributed by atoms with van der Waals surface area (Å²) < 4.78 is 5.10. The monoisotopic (exact) mass is 333 g/mol. The van der Waals surface area contributed by atoms with Crippen molar-refractivity contribution in [1.82, 2.24) is 4.90 Å². The van der Waals surface area contributed by atoms with Gasteiger partial charge < -0.3 is 4.74 Å². The minimum absolute atomic E-state index is 0.0219. The van der Waals surface area contributed by atoms with Crippen LogP contribution in [0.3, 0.4) is 0 Å². The van der Waals surface area contributed by atoms with E-state index >= 15 is 0 Å². The summed E-state index contributed by atoms with van der Waals surface area (Å²) in [6.07, 6.45) is 0. The second-order valence-corrected chi connectivity index (χ2v) is 7.09. The van der Waals surface area contributed by atoms with Crippen LogP contribution in [-0.4, -0.2) is 37.0 Å². The SMILES string of the molecule is COCCN1C(=O)[C@@H]2C3c4ccccc4C(c4ccccc43)[C@@H]2C1=O. The third kappa shape index (κ3) is 1.80. The Balaban J connectivity index is 1.70.